The summed E-state index contributed by atoms with van der Waals surface area (Å²) in [6, 6.07) is 4.92. The summed E-state index contributed by atoms with van der Waals surface area (Å²) < 4.78 is 42.1. The van der Waals surface area contributed by atoms with Gasteiger partial charge in [0.05, 0.1) is 12.2 Å². The fraction of sp³-hybridized carbons (Fsp3) is 0.455. The Morgan fingerprint density at radius 3 is 2.47 bits per heavy atom. The Labute approximate surface area is 86.9 Å². The van der Waals surface area contributed by atoms with Crippen molar-refractivity contribution < 1.29 is 17.9 Å². The van der Waals surface area contributed by atoms with Crippen molar-refractivity contribution in [1.29, 1.82) is 0 Å². The van der Waals surface area contributed by atoms with Crippen LogP contribution < -0.4 is 4.74 Å². The molecule has 0 atom stereocenters. The van der Waals surface area contributed by atoms with Gasteiger partial charge in [0, 0.05) is 0 Å². The fourth-order valence-electron chi connectivity index (χ4n) is 1.03. The molecule has 0 radical (unpaired) electrons. The highest BCUT2D eigenvalue weighted by Crippen LogP contribution is 2.31. The van der Waals surface area contributed by atoms with E-state index in [1.54, 1.807) is 0 Å². The zero-order valence-electron chi connectivity index (χ0n) is 8.64. The second kappa shape index (κ2) is 4.55. The third-order valence-electron chi connectivity index (χ3n) is 1.74. The molecule has 0 bridgehead atoms. The van der Waals surface area contributed by atoms with Crippen LogP contribution >= 0.6 is 0 Å². The lowest BCUT2D eigenvalue weighted by Crippen LogP contribution is -2.07. The molecule has 0 aliphatic heterocycles. The maximum absolute atomic E-state index is 12.3. The van der Waals surface area contributed by atoms with Crippen molar-refractivity contribution in [2.24, 2.45) is 5.92 Å². The number of benzene rings is 1. The van der Waals surface area contributed by atoms with Crippen LogP contribution in [0.2, 0.25) is 0 Å². The lowest BCUT2D eigenvalue weighted by molar-refractivity contribution is -0.137. The monoisotopic (exact) mass is 218 g/mol. The van der Waals surface area contributed by atoms with Crippen LogP contribution in [0.1, 0.15) is 19.4 Å². The highest BCUT2D eigenvalue weighted by atomic mass is 19.4. The first-order valence-corrected chi connectivity index (χ1v) is 4.69. The molecule has 0 saturated carbocycles. The second-order valence-corrected chi connectivity index (χ2v) is 3.73. The first-order chi connectivity index (χ1) is 6.89. The Hall–Kier alpha value is -1.19. The molecule has 0 aliphatic carbocycles. The lowest BCUT2D eigenvalue weighted by Gasteiger charge is -2.11. The molecule has 1 rings (SSSR count). The van der Waals surface area contributed by atoms with Crippen molar-refractivity contribution in [3.63, 3.8) is 0 Å². The van der Waals surface area contributed by atoms with Gasteiger partial charge in [-0.1, -0.05) is 19.9 Å². The van der Waals surface area contributed by atoms with Gasteiger partial charge in [-0.15, -0.1) is 0 Å². The van der Waals surface area contributed by atoms with E-state index < -0.39 is 11.7 Å². The molecule has 0 aliphatic rings. The van der Waals surface area contributed by atoms with E-state index in [1.165, 1.54) is 12.1 Å². The molecule has 0 aromatic heterocycles. The van der Waals surface area contributed by atoms with E-state index in [4.69, 9.17) is 4.74 Å². The average molecular weight is 218 g/mol. The fourth-order valence-corrected chi connectivity index (χ4v) is 1.03. The summed E-state index contributed by atoms with van der Waals surface area (Å²) in [6.45, 7) is 4.29. The van der Waals surface area contributed by atoms with Crippen LogP contribution in [-0.2, 0) is 6.18 Å². The molecule has 0 saturated heterocycles. The van der Waals surface area contributed by atoms with Crippen LogP contribution in [0.15, 0.2) is 24.3 Å². The zero-order valence-corrected chi connectivity index (χ0v) is 8.64. The molecule has 0 unspecified atom stereocenters. The standard InChI is InChI=1S/C11H13F3O/c1-8(2)7-15-10-5-3-4-9(6-10)11(12,13)14/h3-6,8H,7H2,1-2H3. The summed E-state index contributed by atoms with van der Waals surface area (Å²) in [5, 5.41) is 0. The van der Waals surface area contributed by atoms with Gasteiger partial charge in [0.1, 0.15) is 5.75 Å². The SMILES string of the molecule is CC(C)COc1cccc(C(F)(F)F)c1. The highest BCUT2D eigenvalue weighted by Gasteiger charge is 2.30. The van der Waals surface area contributed by atoms with E-state index in [9.17, 15) is 13.2 Å². The van der Waals surface area contributed by atoms with Crippen LogP contribution in [-0.4, -0.2) is 6.61 Å². The topological polar surface area (TPSA) is 9.23 Å². The van der Waals surface area contributed by atoms with E-state index in [1.807, 2.05) is 13.8 Å². The third-order valence-corrected chi connectivity index (χ3v) is 1.74. The number of rotatable bonds is 3. The normalized spacial score (nSPS) is 11.9. The Bertz CT molecular complexity index is 318. The first-order valence-electron chi connectivity index (χ1n) is 4.69. The summed E-state index contributed by atoms with van der Waals surface area (Å²) >= 11 is 0. The van der Waals surface area contributed by atoms with Gasteiger partial charge in [-0.2, -0.15) is 13.2 Å². The minimum absolute atomic E-state index is 0.263. The second-order valence-electron chi connectivity index (χ2n) is 3.73. The van der Waals surface area contributed by atoms with Crippen LogP contribution in [0.4, 0.5) is 13.2 Å². The maximum Gasteiger partial charge on any atom is 0.416 e. The number of hydrogen-bond donors (Lipinski definition) is 0. The Balaban J connectivity index is 2.75. The van der Waals surface area contributed by atoms with Crippen molar-refractivity contribution in [3.8, 4) is 5.75 Å². The summed E-state index contributed by atoms with van der Waals surface area (Å²) in [5.74, 6) is 0.554. The molecule has 15 heavy (non-hydrogen) atoms. The molecular formula is C11H13F3O. The van der Waals surface area contributed by atoms with Gasteiger partial charge in [0.2, 0.25) is 0 Å². The van der Waals surface area contributed by atoms with Crippen LogP contribution in [0.3, 0.4) is 0 Å². The van der Waals surface area contributed by atoms with E-state index in [0.29, 0.717) is 12.5 Å². The molecule has 1 aromatic carbocycles. The molecule has 4 heteroatoms. The van der Waals surface area contributed by atoms with Crippen molar-refractivity contribution in [2.45, 2.75) is 20.0 Å². The molecule has 0 fully saturated rings. The Morgan fingerprint density at radius 2 is 1.93 bits per heavy atom. The minimum Gasteiger partial charge on any atom is -0.493 e. The third kappa shape index (κ3) is 3.81. The largest absolute Gasteiger partial charge is 0.493 e. The van der Waals surface area contributed by atoms with Gasteiger partial charge in [-0.3, -0.25) is 0 Å². The quantitative estimate of drug-likeness (QED) is 0.750. The molecule has 1 nitrogen and oxygen atoms in total. The predicted molar refractivity (Wildman–Crippen MR) is 51.8 cm³/mol. The summed E-state index contributed by atoms with van der Waals surface area (Å²) in [5.41, 5.74) is -0.677. The van der Waals surface area contributed by atoms with Gasteiger partial charge < -0.3 is 4.74 Å². The van der Waals surface area contributed by atoms with Crippen LogP contribution in [0.25, 0.3) is 0 Å². The molecule has 84 valence electrons. The minimum atomic E-state index is -4.31. The molecule has 0 heterocycles. The van der Waals surface area contributed by atoms with Crippen LogP contribution in [0, 0.1) is 5.92 Å². The molecule has 0 spiro atoms. The van der Waals surface area contributed by atoms with E-state index in [2.05, 4.69) is 0 Å². The van der Waals surface area contributed by atoms with E-state index >= 15 is 0 Å². The lowest BCUT2D eigenvalue weighted by atomic mass is 10.2. The number of halogens is 3. The van der Waals surface area contributed by atoms with Crippen molar-refractivity contribution >= 4 is 0 Å². The number of hydrogen-bond acceptors (Lipinski definition) is 1. The van der Waals surface area contributed by atoms with Crippen LogP contribution in [0.5, 0.6) is 5.75 Å². The highest BCUT2D eigenvalue weighted by molar-refractivity contribution is 5.30. The number of ether oxygens (including phenoxy) is 1. The Morgan fingerprint density at radius 1 is 1.27 bits per heavy atom. The van der Waals surface area contributed by atoms with E-state index in [0.717, 1.165) is 12.1 Å². The summed E-state index contributed by atoms with van der Waals surface area (Å²) in [6.07, 6.45) is -4.31. The average Bonchev–Trinajstić information content (AvgIpc) is 2.14. The predicted octanol–water partition coefficient (Wildman–Crippen LogP) is 3.74. The summed E-state index contributed by atoms with van der Waals surface area (Å²) in [4.78, 5) is 0. The summed E-state index contributed by atoms with van der Waals surface area (Å²) in [7, 11) is 0. The molecule has 0 N–H and O–H groups in total. The smallest absolute Gasteiger partial charge is 0.416 e. The van der Waals surface area contributed by atoms with Crippen molar-refractivity contribution in [1.82, 2.24) is 0 Å². The zero-order chi connectivity index (χ0) is 11.5. The Kier molecular flexibility index (Phi) is 3.61. The molecule has 0 amide bonds. The van der Waals surface area contributed by atoms with Crippen molar-refractivity contribution in [2.75, 3.05) is 6.61 Å². The number of alkyl halides is 3. The van der Waals surface area contributed by atoms with Gasteiger partial charge in [0.15, 0.2) is 0 Å². The molecule has 1 aromatic rings. The van der Waals surface area contributed by atoms with Gasteiger partial charge in [-0.05, 0) is 24.1 Å². The molecular weight excluding hydrogens is 205 g/mol. The first kappa shape index (κ1) is 11.9. The van der Waals surface area contributed by atoms with Crippen molar-refractivity contribution in [3.05, 3.63) is 29.8 Å². The van der Waals surface area contributed by atoms with Gasteiger partial charge in [0.25, 0.3) is 0 Å². The maximum atomic E-state index is 12.3. The van der Waals surface area contributed by atoms with Gasteiger partial charge >= 0.3 is 6.18 Å². The van der Waals surface area contributed by atoms with E-state index in [-0.39, 0.29) is 5.75 Å². The van der Waals surface area contributed by atoms with Gasteiger partial charge in [-0.25, -0.2) is 0 Å².